The summed E-state index contributed by atoms with van der Waals surface area (Å²) < 4.78 is 1.71. The fourth-order valence-corrected chi connectivity index (χ4v) is 3.31. The molecular formula is C20H21N7O2. The van der Waals surface area contributed by atoms with Crippen molar-refractivity contribution in [3.05, 3.63) is 71.6 Å². The van der Waals surface area contributed by atoms with Gasteiger partial charge in [-0.2, -0.15) is 10.1 Å². The molecule has 0 saturated carbocycles. The van der Waals surface area contributed by atoms with Crippen molar-refractivity contribution >= 4 is 17.7 Å². The van der Waals surface area contributed by atoms with Crippen LogP contribution in [-0.2, 0) is 11.2 Å². The zero-order valence-corrected chi connectivity index (χ0v) is 15.9. The average molecular weight is 391 g/mol. The second-order valence-corrected chi connectivity index (χ2v) is 6.64. The number of aromatic nitrogens is 5. The predicted molar refractivity (Wildman–Crippen MR) is 107 cm³/mol. The molecule has 1 amide bonds. The van der Waals surface area contributed by atoms with Crippen LogP contribution in [0.25, 0.3) is 0 Å². The molecule has 9 heteroatoms. The van der Waals surface area contributed by atoms with Crippen LogP contribution >= 0.6 is 0 Å². The largest absolute Gasteiger partial charge is 0.396 e. The van der Waals surface area contributed by atoms with Crippen LogP contribution in [0.4, 0.5) is 11.8 Å². The molecule has 3 aromatic heterocycles. The van der Waals surface area contributed by atoms with Crippen LogP contribution in [0.3, 0.4) is 0 Å². The zero-order valence-electron chi connectivity index (χ0n) is 15.9. The van der Waals surface area contributed by atoms with Gasteiger partial charge in [0, 0.05) is 37.3 Å². The van der Waals surface area contributed by atoms with Crippen LogP contribution in [0.5, 0.6) is 0 Å². The maximum Gasteiger partial charge on any atom is 0.257 e. The summed E-state index contributed by atoms with van der Waals surface area (Å²) in [7, 11) is 0. The Hall–Kier alpha value is -3.59. The average Bonchev–Trinajstić information content (AvgIpc) is 3.14. The standard InChI is InChI=1S/C20H21N7O2/c1-13-17(19(29)24-15-5-2-3-9-22-15)18(14-7-10-21-11-8-14)27-20(23-13)25-16(26-27)6-4-12-28/h2-3,5,7-11,18,28H,4,6,12H2,1H3,(H,22,24,29)(H,23,25,26). The van der Waals surface area contributed by atoms with Gasteiger partial charge in [0.05, 0.1) is 5.57 Å². The molecule has 1 unspecified atom stereocenters. The monoisotopic (exact) mass is 391 g/mol. The fourth-order valence-electron chi connectivity index (χ4n) is 3.31. The van der Waals surface area contributed by atoms with Crippen molar-refractivity contribution in [2.75, 3.05) is 17.2 Å². The maximum atomic E-state index is 13.2. The maximum absolute atomic E-state index is 13.2. The number of anilines is 2. The highest BCUT2D eigenvalue weighted by Crippen LogP contribution is 2.35. The number of rotatable bonds is 6. The van der Waals surface area contributed by atoms with E-state index in [1.807, 2.05) is 25.1 Å². The lowest BCUT2D eigenvalue weighted by Crippen LogP contribution is -2.31. The highest BCUT2D eigenvalue weighted by atomic mass is 16.3. The Bertz CT molecular complexity index is 1030. The van der Waals surface area contributed by atoms with Gasteiger partial charge >= 0.3 is 0 Å². The van der Waals surface area contributed by atoms with E-state index in [2.05, 4.69) is 30.7 Å². The van der Waals surface area contributed by atoms with Crippen molar-refractivity contribution < 1.29 is 9.90 Å². The van der Waals surface area contributed by atoms with E-state index in [4.69, 9.17) is 5.11 Å². The Balaban J connectivity index is 1.74. The first kappa shape index (κ1) is 18.8. The number of allylic oxidation sites excluding steroid dienone is 1. The molecule has 0 aromatic carbocycles. The molecule has 1 atom stereocenters. The smallest absolute Gasteiger partial charge is 0.257 e. The molecule has 1 aliphatic rings. The second kappa shape index (κ2) is 8.19. The number of aliphatic hydroxyl groups excluding tert-OH is 1. The number of nitrogens with one attached hydrogen (secondary N) is 2. The Morgan fingerprint density at radius 1 is 1.24 bits per heavy atom. The highest BCUT2D eigenvalue weighted by Gasteiger charge is 2.34. The number of aryl methyl sites for hydroxylation is 1. The Morgan fingerprint density at radius 3 is 2.79 bits per heavy atom. The third-order valence-corrected chi connectivity index (χ3v) is 4.63. The van der Waals surface area contributed by atoms with Gasteiger partial charge < -0.3 is 15.7 Å². The molecule has 0 fully saturated rings. The van der Waals surface area contributed by atoms with Crippen molar-refractivity contribution in [3.8, 4) is 0 Å². The molecular weight excluding hydrogens is 370 g/mol. The molecule has 0 bridgehead atoms. The van der Waals surface area contributed by atoms with Gasteiger partial charge in [0.15, 0.2) is 5.82 Å². The fraction of sp³-hybridized carbons (Fsp3) is 0.250. The molecule has 0 saturated heterocycles. The van der Waals surface area contributed by atoms with Crippen LogP contribution in [0, 0.1) is 0 Å². The van der Waals surface area contributed by atoms with Crippen LogP contribution < -0.4 is 10.6 Å². The van der Waals surface area contributed by atoms with E-state index in [0.717, 1.165) is 5.56 Å². The summed E-state index contributed by atoms with van der Waals surface area (Å²) in [5.41, 5.74) is 2.08. The molecule has 0 radical (unpaired) electrons. The number of hydrogen-bond donors (Lipinski definition) is 3. The number of aliphatic hydroxyl groups is 1. The number of nitrogens with zero attached hydrogens (tertiary/aromatic N) is 5. The molecule has 9 nitrogen and oxygen atoms in total. The van der Waals surface area contributed by atoms with Crippen molar-refractivity contribution in [1.82, 2.24) is 24.7 Å². The summed E-state index contributed by atoms with van der Waals surface area (Å²) in [6.45, 7) is 1.91. The Kier molecular flexibility index (Phi) is 5.30. The van der Waals surface area contributed by atoms with E-state index in [1.165, 1.54) is 0 Å². The van der Waals surface area contributed by atoms with Gasteiger partial charge in [0.2, 0.25) is 5.95 Å². The lowest BCUT2D eigenvalue weighted by Gasteiger charge is -2.28. The summed E-state index contributed by atoms with van der Waals surface area (Å²) in [5.74, 6) is 1.37. The summed E-state index contributed by atoms with van der Waals surface area (Å²) in [6.07, 6.45) is 6.12. The molecule has 3 aromatic rings. The van der Waals surface area contributed by atoms with Gasteiger partial charge in [-0.15, -0.1) is 0 Å². The second-order valence-electron chi connectivity index (χ2n) is 6.64. The van der Waals surface area contributed by atoms with E-state index >= 15 is 0 Å². The SMILES string of the molecule is CC1=C(C(=O)Nc2ccccn2)C(c2ccncc2)n2nc(CCCO)nc2N1. The molecule has 4 heterocycles. The Morgan fingerprint density at radius 2 is 2.07 bits per heavy atom. The van der Waals surface area contributed by atoms with Crippen LogP contribution in [0.1, 0.15) is 30.8 Å². The predicted octanol–water partition coefficient (Wildman–Crippen LogP) is 1.92. The first-order chi connectivity index (χ1) is 14.2. The number of carbonyl (C=O) groups is 1. The quantitative estimate of drug-likeness (QED) is 0.587. The highest BCUT2D eigenvalue weighted by molar-refractivity contribution is 6.05. The number of fused-ring (bicyclic) bond motifs is 1. The summed E-state index contributed by atoms with van der Waals surface area (Å²) in [6, 6.07) is 8.59. The number of pyridine rings is 2. The molecule has 0 aliphatic carbocycles. The molecule has 3 N–H and O–H groups in total. The van der Waals surface area contributed by atoms with E-state index in [-0.39, 0.29) is 12.5 Å². The minimum absolute atomic E-state index is 0.0695. The van der Waals surface area contributed by atoms with Crippen molar-refractivity contribution in [3.63, 3.8) is 0 Å². The molecule has 0 spiro atoms. The summed E-state index contributed by atoms with van der Waals surface area (Å²) in [5, 5.41) is 19.7. The van der Waals surface area contributed by atoms with Crippen LogP contribution in [0.2, 0.25) is 0 Å². The lowest BCUT2D eigenvalue weighted by atomic mass is 9.96. The lowest BCUT2D eigenvalue weighted by molar-refractivity contribution is -0.113. The summed E-state index contributed by atoms with van der Waals surface area (Å²) >= 11 is 0. The van der Waals surface area contributed by atoms with Crippen molar-refractivity contribution in [2.24, 2.45) is 0 Å². The van der Waals surface area contributed by atoms with E-state index in [1.54, 1.807) is 35.4 Å². The van der Waals surface area contributed by atoms with Gasteiger partial charge in [-0.3, -0.25) is 9.78 Å². The molecule has 148 valence electrons. The van der Waals surface area contributed by atoms with Gasteiger partial charge in [-0.25, -0.2) is 9.67 Å². The van der Waals surface area contributed by atoms with Gasteiger partial charge in [0.25, 0.3) is 5.91 Å². The van der Waals surface area contributed by atoms with Gasteiger partial charge in [-0.1, -0.05) is 6.07 Å². The zero-order chi connectivity index (χ0) is 20.2. The first-order valence-electron chi connectivity index (χ1n) is 9.33. The third-order valence-electron chi connectivity index (χ3n) is 4.63. The van der Waals surface area contributed by atoms with Crippen molar-refractivity contribution in [2.45, 2.75) is 25.8 Å². The first-order valence-corrected chi connectivity index (χ1v) is 9.33. The normalized spacial score (nSPS) is 15.6. The van der Waals surface area contributed by atoms with E-state index < -0.39 is 6.04 Å². The van der Waals surface area contributed by atoms with E-state index in [0.29, 0.717) is 41.7 Å². The van der Waals surface area contributed by atoms with Crippen LogP contribution in [-0.4, -0.2) is 42.4 Å². The van der Waals surface area contributed by atoms with Crippen molar-refractivity contribution in [1.29, 1.82) is 0 Å². The molecule has 29 heavy (non-hydrogen) atoms. The third kappa shape index (κ3) is 3.85. The van der Waals surface area contributed by atoms with Gasteiger partial charge in [-0.05, 0) is 43.2 Å². The number of hydrogen-bond acceptors (Lipinski definition) is 7. The summed E-state index contributed by atoms with van der Waals surface area (Å²) in [4.78, 5) is 26.0. The number of carbonyl (C=O) groups excluding carboxylic acids is 1. The Labute approximate surface area is 167 Å². The molecule has 1 aliphatic heterocycles. The number of amides is 1. The van der Waals surface area contributed by atoms with E-state index in [9.17, 15) is 4.79 Å². The molecule has 4 rings (SSSR count). The minimum atomic E-state index is -0.465. The van der Waals surface area contributed by atoms with Gasteiger partial charge in [0.1, 0.15) is 11.9 Å². The topological polar surface area (TPSA) is 118 Å². The minimum Gasteiger partial charge on any atom is -0.396 e. The van der Waals surface area contributed by atoms with Crippen LogP contribution in [0.15, 0.2) is 60.2 Å².